The zero-order chi connectivity index (χ0) is 22.5. The standard InChI is InChI=1S/C16H15N7.C6H11F2N/c1-9-19-13-5-4-12(20-15(13)23(9)10-2-3-10)11-6-7-22-14(11)8-18-16(17)21-22;1-9-4-2-3-6(7,8)5-9/h4-8,10H,2-3H2,1H3,(H2,17,21);2-5H2,1H3. The molecule has 0 unspecified atom stereocenters. The second-order valence-corrected chi connectivity index (χ2v) is 8.67. The van der Waals surface area contributed by atoms with E-state index >= 15 is 0 Å². The van der Waals surface area contributed by atoms with Crippen molar-refractivity contribution in [1.82, 2.24) is 34.0 Å². The quantitative estimate of drug-likeness (QED) is 0.511. The molecular weight excluding hydrogens is 414 g/mol. The Kier molecular flexibility index (Phi) is 5.04. The Balaban J connectivity index is 0.000000203. The summed E-state index contributed by atoms with van der Waals surface area (Å²) in [5, 5.41) is 4.18. The third kappa shape index (κ3) is 4.02. The van der Waals surface area contributed by atoms with Gasteiger partial charge in [0, 0.05) is 24.2 Å². The number of hydrogen-bond acceptors (Lipinski definition) is 6. The van der Waals surface area contributed by atoms with Crippen molar-refractivity contribution in [2.45, 2.75) is 44.6 Å². The maximum absolute atomic E-state index is 12.4. The van der Waals surface area contributed by atoms with Gasteiger partial charge in [0.2, 0.25) is 5.95 Å². The van der Waals surface area contributed by atoms with Gasteiger partial charge in [0.25, 0.3) is 5.92 Å². The zero-order valence-corrected chi connectivity index (χ0v) is 18.2. The van der Waals surface area contributed by atoms with E-state index in [1.807, 2.05) is 31.3 Å². The van der Waals surface area contributed by atoms with E-state index in [0.29, 0.717) is 12.5 Å². The highest BCUT2D eigenvalue weighted by Gasteiger charge is 2.33. The predicted molar refractivity (Wildman–Crippen MR) is 119 cm³/mol. The highest BCUT2D eigenvalue weighted by atomic mass is 19.3. The smallest absolute Gasteiger partial charge is 0.260 e. The highest BCUT2D eigenvalue weighted by molar-refractivity contribution is 5.82. The zero-order valence-electron chi connectivity index (χ0n) is 18.2. The maximum atomic E-state index is 12.4. The first kappa shape index (κ1) is 20.7. The molecule has 2 aliphatic rings. The normalized spacial score (nSPS) is 18.6. The van der Waals surface area contributed by atoms with Gasteiger partial charge in [-0.1, -0.05) is 0 Å². The van der Waals surface area contributed by atoms with Crippen LogP contribution in [-0.2, 0) is 0 Å². The third-order valence-electron chi connectivity index (χ3n) is 5.92. The molecule has 1 saturated carbocycles. The van der Waals surface area contributed by atoms with Gasteiger partial charge in [-0.2, -0.15) is 0 Å². The monoisotopic (exact) mass is 440 g/mol. The second kappa shape index (κ2) is 7.77. The summed E-state index contributed by atoms with van der Waals surface area (Å²) < 4.78 is 28.8. The van der Waals surface area contributed by atoms with E-state index in [4.69, 9.17) is 10.7 Å². The van der Waals surface area contributed by atoms with Gasteiger partial charge in [0.05, 0.1) is 24.0 Å². The Hall–Kier alpha value is -3.14. The minimum Gasteiger partial charge on any atom is -0.367 e. The molecule has 6 rings (SSSR count). The summed E-state index contributed by atoms with van der Waals surface area (Å²) in [5.74, 6) is -1.14. The van der Waals surface area contributed by atoms with Gasteiger partial charge in [0.15, 0.2) is 5.65 Å². The van der Waals surface area contributed by atoms with Crippen LogP contribution in [0.25, 0.3) is 27.9 Å². The predicted octanol–water partition coefficient (Wildman–Crippen LogP) is 3.71. The summed E-state index contributed by atoms with van der Waals surface area (Å²) in [6, 6.07) is 6.57. The summed E-state index contributed by atoms with van der Waals surface area (Å²) in [6.45, 7) is 2.80. The molecule has 5 heterocycles. The summed E-state index contributed by atoms with van der Waals surface area (Å²) in [6.07, 6.45) is 6.72. The SMILES string of the molecule is CN1CCCC(F)(F)C1.Cc1nc2ccc(-c3ccn4nc(N)ncc34)nc2n1C1CC1. The third-order valence-corrected chi connectivity index (χ3v) is 5.92. The number of likely N-dealkylation sites (tertiary alicyclic amines) is 1. The van der Waals surface area contributed by atoms with Gasteiger partial charge in [0.1, 0.15) is 11.3 Å². The van der Waals surface area contributed by atoms with Crippen LogP contribution in [0.15, 0.2) is 30.6 Å². The molecule has 0 atom stereocenters. The molecule has 2 N–H and O–H groups in total. The summed E-state index contributed by atoms with van der Waals surface area (Å²) >= 11 is 0. The average molecular weight is 441 g/mol. The molecule has 168 valence electrons. The summed E-state index contributed by atoms with van der Waals surface area (Å²) in [7, 11) is 1.73. The number of pyridine rings is 1. The van der Waals surface area contributed by atoms with Gasteiger partial charge < -0.3 is 15.2 Å². The molecule has 0 spiro atoms. The van der Waals surface area contributed by atoms with Crippen molar-refractivity contribution >= 4 is 22.6 Å². The molecule has 0 bridgehead atoms. The Bertz CT molecular complexity index is 1270. The van der Waals surface area contributed by atoms with Crippen LogP contribution in [0.5, 0.6) is 0 Å². The van der Waals surface area contributed by atoms with Gasteiger partial charge in [-0.05, 0) is 58.0 Å². The van der Waals surface area contributed by atoms with E-state index < -0.39 is 5.92 Å². The number of aryl methyl sites for hydroxylation is 1. The number of halogens is 2. The number of alkyl halides is 2. The largest absolute Gasteiger partial charge is 0.367 e. The lowest BCUT2D eigenvalue weighted by molar-refractivity contribution is -0.0571. The maximum Gasteiger partial charge on any atom is 0.260 e. The molecule has 4 aromatic heterocycles. The van der Waals surface area contributed by atoms with Crippen LogP contribution in [0.1, 0.15) is 37.5 Å². The number of fused-ring (bicyclic) bond motifs is 2. The average Bonchev–Trinajstić information content (AvgIpc) is 3.38. The number of nitrogen functional groups attached to an aromatic ring is 1. The van der Waals surface area contributed by atoms with Gasteiger partial charge >= 0.3 is 0 Å². The van der Waals surface area contributed by atoms with Crippen molar-refractivity contribution in [2.24, 2.45) is 0 Å². The molecule has 8 nitrogen and oxygen atoms in total. The van der Waals surface area contributed by atoms with Crippen molar-refractivity contribution in [3.63, 3.8) is 0 Å². The number of nitrogens with two attached hydrogens (primary N) is 1. The van der Waals surface area contributed by atoms with E-state index in [9.17, 15) is 8.78 Å². The molecule has 1 aliphatic carbocycles. The Labute approximate surface area is 184 Å². The molecule has 10 heteroatoms. The highest BCUT2D eigenvalue weighted by Crippen LogP contribution is 2.38. The molecule has 0 aromatic carbocycles. The Morgan fingerprint density at radius 1 is 1.16 bits per heavy atom. The molecule has 4 aromatic rings. The van der Waals surface area contributed by atoms with Crippen molar-refractivity contribution in [3.05, 3.63) is 36.4 Å². The molecule has 0 amide bonds. The van der Waals surface area contributed by atoms with E-state index in [1.54, 1.807) is 22.7 Å². The van der Waals surface area contributed by atoms with E-state index in [1.165, 1.54) is 12.8 Å². The number of piperidine rings is 1. The van der Waals surface area contributed by atoms with Crippen molar-refractivity contribution in [1.29, 1.82) is 0 Å². The molecule has 32 heavy (non-hydrogen) atoms. The molecule has 1 saturated heterocycles. The molecule has 1 aliphatic heterocycles. The van der Waals surface area contributed by atoms with Gasteiger partial charge in [-0.15, -0.1) is 5.10 Å². The lowest BCUT2D eigenvalue weighted by Gasteiger charge is -2.28. The van der Waals surface area contributed by atoms with Crippen molar-refractivity contribution in [3.8, 4) is 11.3 Å². The minimum absolute atomic E-state index is 0.0625. The summed E-state index contributed by atoms with van der Waals surface area (Å²) in [4.78, 5) is 15.3. The summed E-state index contributed by atoms with van der Waals surface area (Å²) in [5.41, 5.74) is 10.3. The van der Waals surface area contributed by atoms with Crippen LogP contribution in [-0.4, -0.2) is 60.1 Å². The van der Waals surface area contributed by atoms with Crippen LogP contribution in [0.3, 0.4) is 0 Å². The van der Waals surface area contributed by atoms with Crippen molar-refractivity contribution in [2.75, 3.05) is 25.9 Å². The first-order valence-electron chi connectivity index (χ1n) is 10.8. The number of anilines is 1. The topological polar surface area (TPSA) is 90.2 Å². The van der Waals surface area contributed by atoms with E-state index in [0.717, 1.165) is 40.3 Å². The lowest BCUT2D eigenvalue weighted by atomic mass is 10.1. The molecular formula is C22H26F2N8. The van der Waals surface area contributed by atoms with E-state index in [2.05, 4.69) is 19.6 Å². The number of nitrogens with zero attached hydrogens (tertiary/aromatic N) is 7. The van der Waals surface area contributed by atoms with Crippen LogP contribution in [0.4, 0.5) is 14.7 Å². The fourth-order valence-corrected chi connectivity index (χ4v) is 4.30. The fourth-order valence-electron chi connectivity index (χ4n) is 4.30. The molecule has 0 radical (unpaired) electrons. The van der Waals surface area contributed by atoms with Gasteiger partial charge in [-0.3, -0.25) is 0 Å². The van der Waals surface area contributed by atoms with Gasteiger partial charge in [-0.25, -0.2) is 28.2 Å². The first-order chi connectivity index (χ1) is 15.3. The number of aromatic nitrogens is 6. The van der Waals surface area contributed by atoms with Crippen LogP contribution < -0.4 is 5.73 Å². The van der Waals surface area contributed by atoms with Crippen LogP contribution in [0.2, 0.25) is 0 Å². The van der Waals surface area contributed by atoms with Crippen molar-refractivity contribution < 1.29 is 8.78 Å². The Morgan fingerprint density at radius 2 is 1.97 bits per heavy atom. The number of rotatable bonds is 2. The first-order valence-corrected chi connectivity index (χ1v) is 10.8. The van der Waals surface area contributed by atoms with Crippen LogP contribution >= 0.6 is 0 Å². The lowest BCUT2D eigenvalue weighted by Crippen LogP contribution is -2.39. The minimum atomic E-state index is -2.42. The second-order valence-electron chi connectivity index (χ2n) is 8.67. The number of imidazole rings is 1. The fraction of sp³-hybridized carbons (Fsp3) is 0.455. The number of hydrogen-bond donors (Lipinski definition) is 1. The Morgan fingerprint density at radius 3 is 2.66 bits per heavy atom. The molecule has 2 fully saturated rings. The van der Waals surface area contributed by atoms with Crippen LogP contribution in [0, 0.1) is 6.92 Å². The van der Waals surface area contributed by atoms with E-state index in [-0.39, 0.29) is 18.9 Å².